The molecule has 0 aromatic rings. The number of ether oxygens (including phenoxy) is 9. The van der Waals surface area contributed by atoms with Crippen molar-refractivity contribution in [1.29, 1.82) is 0 Å². The van der Waals surface area contributed by atoms with Crippen LogP contribution in [0.1, 0.15) is 20.8 Å². The Morgan fingerprint density at radius 1 is 0.367 bits per heavy atom. The predicted octanol–water partition coefficient (Wildman–Crippen LogP) is -7.56. The molecule has 0 saturated carbocycles. The van der Waals surface area contributed by atoms with Crippen LogP contribution < -0.4 is 0 Å². The lowest BCUT2D eigenvalue weighted by Crippen LogP contribution is -2.66. The Morgan fingerprint density at radius 2 is 0.816 bits per heavy atom. The molecule has 5 fully saturated rings. The molecule has 23 atom stereocenters. The lowest BCUT2D eigenvalue weighted by atomic mass is 9.96. The highest BCUT2D eigenvalue weighted by Gasteiger charge is 2.54. The predicted molar refractivity (Wildman–Crippen MR) is 150 cm³/mol. The molecule has 5 heterocycles. The number of aliphatic hydroxyl groups is 12. The molecule has 0 aliphatic carbocycles. The Hall–Kier alpha value is -0.840. The van der Waals surface area contributed by atoms with Crippen LogP contribution in [0.3, 0.4) is 0 Å². The van der Waals surface area contributed by atoms with E-state index in [2.05, 4.69) is 0 Å². The second kappa shape index (κ2) is 16.0. The summed E-state index contributed by atoms with van der Waals surface area (Å²) in [5, 5.41) is 125. The molecule has 0 bridgehead atoms. The third-order valence-electron chi connectivity index (χ3n) is 9.40. The van der Waals surface area contributed by atoms with Crippen molar-refractivity contribution in [2.24, 2.45) is 0 Å². The minimum absolute atomic E-state index is 0.397. The van der Waals surface area contributed by atoms with Gasteiger partial charge in [-0.1, -0.05) is 0 Å². The van der Waals surface area contributed by atoms with Crippen molar-refractivity contribution < 1.29 is 104 Å². The smallest absolute Gasteiger partial charge is 0.187 e. The minimum atomic E-state index is -1.84. The Balaban J connectivity index is 1.20. The van der Waals surface area contributed by atoms with E-state index in [4.69, 9.17) is 42.6 Å². The van der Waals surface area contributed by atoms with Gasteiger partial charge in [0, 0.05) is 0 Å². The first kappa shape index (κ1) is 39.4. The molecule has 5 aliphatic heterocycles. The third kappa shape index (κ3) is 8.07. The number of aliphatic hydroxyl groups excluding tert-OH is 12. The zero-order valence-electron chi connectivity index (χ0n) is 26.7. The molecule has 5 rings (SSSR count). The van der Waals surface area contributed by atoms with E-state index < -0.39 is 155 Å². The standard InChI is InChI=1S/C28H48O21/c1-6-11(31)13(33)16(36)27(44-6)49-23-18(38)21(7(2)43-24(23)40)47-28-17(37)14(34)20(8(3)45-28)46-26-19(39)22(10(30)5-42-26)48-25-15(35)12(32)9(29)4-41-25/h6-40H,4-5H2,1-3H3/t6-,7-,8+,9-,10-,11-,12+,13+,14+,15-,16-,17-,18+,19-,20+,21+,22+,23-,24?,25+,26+,27+,28+/m1/s1. The molecule has 21 nitrogen and oxygen atoms in total. The highest BCUT2D eigenvalue weighted by Crippen LogP contribution is 2.34. The van der Waals surface area contributed by atoms with Crippen molar-refractivity contribution in [3.8, 4) is 0 Å². The number of hydrogen-bond acceptors (Lipinski definition) is 21. The van der Waals surface area contributed by atoms with Crippen molar-refractivity contribution >= 4 is 0 Å². The average molecular weight is 721 g/mol. The van der Waals surface area contributed by atoms with Gasteiger partial charge >= 0.3 is 0 Å². The molecule has 5 aliphatic rings. The van der Waals surface area contributed by atoms with Crippen LogP contribution >= 0.6 is 0 Å². The third-order valence-corrected chi connectivity index (χ3v) is 9.40. The minimum Gasteiger partial charge on any atom is -0.388 e. The Morgan fingerprint density at radius 3 is 1.47 bits per heavy atom. The molecule has 49 heavy (non-hydrogen) atoms. The van der Waals surface area contributed by atoms with Gasteiger partial charge in [-0.05, 0) is 20.8 Å². The van der Waals surface area contributed by atoms with Crippen LogP contribution in [0.25, 0.3) is 0 Å². The van der Waals surface area contributed by atoms with Crippen LogP contribution in [0.4, 0.5) is 0 Å². The summed E-state index contributed by atoms with van der Waals surface area (Å²) in [7, 11) is 0. The first-order valence-electron chi connectivity index (χ1n) is 16.0. The van der Waals surface area contributed by atoms with Gasteiger partial charge in [0.05, 0.1) is 31.5 Å². The molecule has 0 aromatic carbocycles. The molecule has 0 spiro atoms. The number of hydrogen-bond donors (Lipinski definition) is 12. The fraction of sp³-hybridized carbons (Fsp3) is 1.00. The van der Waals surface area contributed by atoms with Crippen LogP contribution in [0.2, 0.25) is 0 Å². The van der Waals surface area contributed by atoms with Gasteiger partial charge in [0.25, 0.3) is 0 Å². The van der Waals surface area contributed by atoms with Gasteiger partial charge in [-0.3, -0.25) is 0 Å². The number of rotatable bonds is 8. The quantitative estimate of drug-likeness (QED) is 0.111. The Labute approximate surface area is 279 Å². The summed E-state index contributed by atoms with van der Waals surface area (Å²) < 4.78 is 49.8. The molecule has 0 aromatic heterocycles. The summed E-state index contributed by atoms with van der Waals surface area (Å²) >= 11 is 0. The zero-order valence-corrected chi connectivity index (χ0v) is 26.7. The van der Waals surface area contributed by atoms with E-state index >= 15 is 0 Å². The van der Waals surface area contributed by atoms with E-state index in [1.165, 1.54) is 20.8 Å². The van der Waals surface area contributed by atoms with E-state index in [1.54, 1.807) is 0 Å². The maximum atomic E-state index is 11.1. The lowest BCUT2D eigenvalue weighted by Gasteiger charge is -2.48. The molecule has 5 saturated heterocycles. The summed E-state index contributed by atoms with van der Waals surface area (Å²) in [5.74, 6) is 0. The van der Waals surface area contributed by atoms with Gasteiger partial charge in [0.1, 0.15) is 91.6 Å². The van der Waals surface area contributed by atoms with Crippen molar-refractivity contribution in [3.63, 3.8) is 0 Å². The van der Waals surface area contributed by atoms with E-state index in [9.17, 15) is 61.3 Å². The molecular weight excluding hydrogens is 672 g/mol. The maximum absolute atomic E-state index is 11.1. The summed E-state index contributed by atoms with van der Waals surface area (Å²) in [5.41, 5.74) is 0. The molecular formula is C28H48O21. The Bertz CT molecular complexity index is 1060. The fourth-order valence-corrected chi connectivity index (χ4v) is 6.36. The Kier molecular flexibility index (Phi) is 12.9. The first-order chi connectivity index (χ1) is 23.0. The summed E-state index contributed by atoms with van der Waals surface area (Å²) in [6, 6.07) is 0. The summed E-state index contributed by atoms with van der Waals surface area (Å²) in [6.45, 7) is 3.43. The van der Waals surface area contributed by atoms with Gasteiger partial charge in [-0.25, -0.2) is 0 Å². The van der Waals surface area contributed by atoms with Gasteiger partial charge in [0.2, 0.25) is 0 Å². The van der Waals surface area contributed by atoms with Crippen LogP contribution in [0, 0.1) is 0 Å². The van der Waals surface area contributed by atoms with Gasteiger partial charge in [0.15, 0.2) is 31.5 Å². The van der Waals surface area contributed by atoms with Crippen LogP contribution in [0.5, 0.6) is 0 Å². The topological polar surface area (TPSA) is 326 Å². The maximum Gasteiger partial charge on any atom is 0.187 e. The van der Waals surface area contributed by atoms with Crippen molar-refractivity contribution in [1.82, 2.24) is 0 Å². The van der Waals surface area contributed by atoms with Crippen molar-refractivity contribution in [2.45, 2.75) is 162 Å². The van der Waals surface area contributed by atoms with Crippen molar-refractivity contribution in [3.05, 3.63) is 0 Å². The zero-order chi connectivity index (χ0) is 36.1. The highest BCUT2D eigenvalue weighted by atomic mass is 16.8. The summed E-state index contributed by atoms with van der Waals surface area (Å²) in [4.78, 5) is 0. The van der Waals surface area contributed by atoms with E-state index in [0.717, 1.165) is 0 Å². The molecule has 286 valence electrons. The SMILES string of the molecule is C[C@@H]1O[C@@H](O[C@@H]2[C@H](O)[C@@H](O[C@@H]3O[C@H](C)[C@@H](O)[C@H](O)[C@H]3O)C(O)O[C@@H]2C)[C@H](O)[C@H](O)[C@H]1O[C@@H]1OC[C@@H](O)[C@H](O[C@@H]2OC[C@@H](O)[C@H](O)[C@H]2O)[C@H]1O. The van der Waals surface area contributed by atoms with Crippen molar-refractivity contribution in [2.75, 3.05) is 13.2 Å². The molecule has 1 unspecified atom stereocenters. The van der Waals surface area contributed by atoms with Crippen LogP contribution in [0.15, 0.2) is 0 Å². The monoisotopic (exact) mass is 720 g/mol. The van der Waals surface area contributed by atoms with E-state index in [0.29, 0.717) is 0 Å². The summed E-state index contributed by atoms with van der Waals surface area (Å²) in [6.07, 6.45) is -35.2. The lowest BCUT2D eigenvalue weighted by molar-refractivity contribution is -0.385. The van der Waals surface area contributed by atoms with Crippen LogP contribution in [-0.2, 0) is 42.6 Å². The molecule has 21 heteroatoms. The van der Waals surface area contributed by atoms with Gasteiger partial charge in [-0.15, -0.1) is 0 Å². The molecule has 0 radical (unpaired) electrons. The van der Waals surface area contributed by atoms with Gasteiger partial charge in [-0.2, -0.15) is 0 Å². The largest absolute Gasteiger partial charge is 0.388 e. The van der Waals surface area contributed by atoms with Crippen LogP contribution in [-0.4, -0.2) is 216 Å². The second-order valence-electron chi connectivity index (χ2n) is 13.0. The van der Waals surface area contributed by atoms with E-state index in [-0.39, 0.29) is 0 Å². The average Bonchev–Trinajstić information content (AvgIpc) is 3.05. The fourth-order valence-electron chi connectivity index (χ4n) is 6.36. The highest BCUT2D eigenvalue weighted by molar-refractivity contribution is 4.96. The molecule has 12 N–H and O–H groups in total. The first-order valence-corrected chi connectivity index (χ1v) is 16.0. The normalized spacial score (nSPS) is 56.0. The second-order valence-corrected chi connectivity index (χ2v) is 13.0. The van der Waals surface area contributed by atoms with E-state index in [1.807, 2.05) is 0 Å². The molecule has 0 amide bonds. The van der Waals surface area contributed by atoms with Gasteiger partial charge < -0.3 is 104 Å².